The van der Waals surface area contributed by atoms with Crippen molar-refractivity contribution in [3.63, 3.8) is 0 Å². The van der Waals surface area contributed by atoms with Crippen molar-refractivity contribution in [2.45, 2.75) is 44.3 Å². The number of anilines is 1. The molecule has 0 bridgehead atoms. The summed E-state index contributed by atoms with van der Waals surface area (Å²) in [6.07, 6.45) is 0.779. The van der Waals surface area contributed by atoms with Gasteiger partial charge in [0.2, 0.25) is 0 Å². The van der Waals surface area contributed by atoms with Crippen LogP contribution in [0.1, 0.15) is 32.8 Å². The van der Waals surface area contributed by atoms with Gasteiger partial charge in [0.05, 0.1) is 11.6 Å². The summed E-state index contributed by atoms with van der Waals surface area (Å²) in [5, 5.41) is 14.4. The SMILES string of the molecule is CCCNc1nc2ccccc2cc1CSC(C)C(C)O. The monoisotopic (exact) mass is 304 g/mol. The van der Waals surface area contributed by atoms with E-state index >= 15 is 0 Å². The summed E-state index contributed by atoms with van der Waals surface area (Å²) in [6, 6.07) is 10.4. The summed E-state index contributed by atoms with van der Waals surface area (Å²) in [5.41, 5.74) is 2.23. The number of nitrogens with zero attached hydrogens (tertiary/aromatic N) is 1. The van der Waals surface area contributed by atoms with E-state index in [2.05, 4.69) is 31.3 Å². The molecule has 0 aliphatic heterocycles. The third-order valence-corrected chi connectivity index (χ3v) is 4.92. The number of hydrogen-bond donors (Lipinski definition) is 2. The number of aliphatic hydroxyl groups excluding tert-OH is 1. The standard InChI is InChI=1S/C17H24N2OS/c1-4-9-18-17-15(11-21-13(3)12(2)20)10-14-7-5-6-8-16(14)19-17/h5-8,10,12-13,20H,4,9,11H2,1-3H3,(H,18,19). The molecule has 0 radical (unpaired) electrons. The zero-order chi connectivity index (χ0) is 15.2. The van der Waals surface area contributed by atoms with Crippen LogP contribution < -0.4 is 5.32 Å². The first-order valence-electron chi connectivity index (χ1n) is 7.54. The van der Waals surface area contributed by atoms with Gasteiger partial charge in [-0.15, -0.1) is 0 Å². The number of benzene rings is 1. The van der Waals surface area contributed by atoms with E-state index in [9.17, 15) is 5.11 Å². The quantitative estimate of drug-likeness (QED) is 0.809. The fourth-order valence-electron chi connectivity index (χ4n) is 2.03. The minimum atomic E-state index is -0.296. The van der Waals surface area contributed by atoms with Crippen molar-refractivity contribution in [1.82, 2.24) is 4.98 Å². The molecular formula is C17H24N2OS. The second-order valence-electron chi connectivity index (χ2n) is 5.37. The number of pyridine rings is 1. The zero-order valence-corrected chi connectivity index (χ0v) is 13.8. The van der Waals surface area contributed by atoms with Gasteiger partial charge in [-0.25, -0.2) is 4.98 Å². The van der Waals surface area contributed by atoms with E-state index in [0.29, 0.717) is 0 Å². The van der Waals surface area contributed by atoms with Crippen LogP contribution in [0.5, 0.6) is 0 Å². The van der Waals surface area contributed by atoms with E-state index in [1.54, 1.807) is 11.8 Å². The zero-order valence-electron chi connectivity index (χ0n) is 13.0. The molecule has 0 aliphatic rings. The van der Waals surface area contributed by atoms with Crippen LogP contribution in [0.3, 0.4) is 0 Å². The Morgan fingerprint density at radius 1 is 1.29 bits per heavy atom. The molecule has 2 aromatic rings. The summed E-state index contributed by atoms with van der Waals surface area (Å²) >= 11 is 1.76. The Morgan fingerprint density at radius 3 is 2.76 bits per heavy atom. The van der Waals surface area contributed by atoms with Gasteiger partial charge in [-0.1, -0.05) is 32.0 Å². The van der Waals surface area contributed by atoms with Gasteiger partial charge in [0.25, 0.3) is 0 Å². The van der Waals surface area contributed by atoms with Crippen molar-refractivity contribution in [2.24, 2.45) is 0 Å². The minimum absolute atomic E-state index is 0.218. The smallest absolute Gasteiger partial charge is 0.130 e. The number of rotatable bonds is 7. The van der Waals surface area contributed by atoms with Crippen molar-refractivity contribution in [1.29, 1.82) is 0 Å². The van der Waals surface area contributed by atoms with Crippen molar-refractivity contribution >= 4 is 28.5 Å². The number of hydrogen-bond acceptors (Lipinski definition) is 4. The van der Waals surface area contributed by atoms with Gasteiger partial charge >= 0.3 is 0 Å². The summed E-state index contributed by atoms with van der Waals surface area (Å²) in [6.45, 7) is 6.97. The summed E-state index contributed by atoms with van der Waals surface area (Å²) in [7, 11) is 0. The molecule has 21 heavy (non-hydrogen) atoms. The van der Waals surface area contributed by atoms with Crippen LogP contribution in [0.25, 0.3) is 10.9 Å². The van der Waals surface area contributed by atoms with Crippen LogP contribution in [0, 0.1) is 0 Å². The van der Waals surface area contributed by atoms with Gasteiger partial charge in [0.1, 0.15) is 5.82 Å². The third-order valence-electron chi connectivity index (χ3n) is 3.53. The fraction of sp³-hybridized carbons (Fsp3) is 0.471. The average Bonchev–Trinajstić information content (AvgIpc) is 2.49. The largest absolute Gasteiger partial charge is 0.392 e. The van der Waals surface area contributed by atoms with E-state index in [-0.39, 0.29) is 11.4 Å². The highest BCUT2D eigenvalue weighted by atomic mass is 32.2. The van der Waals surface area contributed by atoms with Crippen LogP contribution in [0.4, 0.5) is 5.82 Å². The summed E-state index contributed by atoms with van der Waals surface area (Å²) in [4.78, 5) is 4.75. The molecule has 0 saturated carbocycles. The molecule has 1 heterocycles. The second-order valence-corrected chi connectivity index (χ2v) is 6.74. The van der Waals surface area contributed by atoms with Crippen molar-refractivity contribution in [3.8, 4) is 0 Å². The van der Waals surface area contributed by atoms with Gasteiger partial charge in [0, 0.05) is 28.5 Å². The molecule has 0 spiro atoms. The van der Waals surface area contributed by atoms with Crippen LogP contribution >= 0.6 is 11.8 Å². The molecule has 2 N–H and O–H groups in total. The lowest BCUT2D eigenvalue weighted by Gasteiger charge is -2.16. The van der Waals surface area contributed by atoms with E-state index in [1.165, 1.54) is 10.9 Å². The Morgan fingerprint density at radius 2 is 2.05 bits per heavy atom. The molecule has 2 unspecified atom stereocenters. The highest BCUT2D eigenvalue weighted by molar-refractivity contribution is 7.99. The van der Waals surface area contributed by atoms with Crippen molar-refractivity contribution in [3.05, 3.63) is 35.9 Å². The molecule has 0 saturated heterocycles. The average molecular weight is 304 g/mol. The van der Waals surface area contributed by atoms with Crippen LogP contribution in [-0.2, 0) is 5.75 Å². The normalized spacial score (nSPS) is 14.1. The van der Waals surface area contributed by atoms with Crippen LogP contribution in [0.15, 0.2) is 30.3 Å². The number of para-hydroxylation sites is 1. The van der Waals surface area contributed by atoms with Gasteiger partial charge in [-0.05, 0) is 25.5 Å². The molecule has 2 rings (SSSR count). The predicted molar refractivity (Wildman–Crippen MR) is 93.0 cm³/mol. The van der Waals surface area contributed by atoms with Crippen LogP contribution in [0.2, 0.25) is 0 Å². The Bertz CT molecular complexity index is 586. The minimum Gasteiger partial charge on any atom is -0.392 e. The highest BCUT2D eigenvalue weighted by Crippen LogP contribution is 2.27. The molecule has 4 heteroatoms. The van der Waals surface area contributed by atoms with E-state index in [0.717, 1.165) is 30.1 Å². The molecule has 1 aromatic heterocycles. The Balaban J connectivity index is 2.25. The molecule has 3 nitrogen and oxygen atoms in total. The number of fused-ring (bicyclic) bond motifs is 1. The van der Waals surface area contributed by atoms with E-state index < -0.39 is 0 Å². The maximum absolute atomic E-state index is 9.63. The van der Waals surface area contributed by atoms with Crippen molar-refractivity contribution in [2.75, 3.05) is 11.9 Å². The Labute approximate surface area is 131 Å². The number of nitrogens with one attached hydrogen (secondary N) is 1. The number of aliphatic hydroxyl groups is 1. The number of aromatic nitrogens is 1. The highest BCUT2D eigenvalue weighted by Gasteiger charge is 2.12. The molecule has 114 valence electrons. The molecular weight excluding hydrogens is 280 g/mol. The topological polar surface area (TPSA) is 45.2 Å². The Hall–Kier alpha value is -1.26. The van der Waals surface area contributed by atoms with E-state index in [1.807, 2.05) is 25.1 Å². The summed E-state index contributed by atoms with van der Waals surface area (Å²) in [5.74, 6) is 1.83. The maximum Gasteiger partial charge on any atom is 0.130 e. The van der Waals surface area contributed by atoms with Gasteiger partial charge < -0.3 is 10.4 Å². The first-order valence-corrected chi connectivity index (χ1v) is 8.59. The molecule has 1 aromatic carbocycles. The lowest BCUT2D eigenvalue weighted by molar-refractivity contribution is 0.196. The van der Waals surface area contributed by atoms with Crippen molar-refractivity contribution < 1.29 is 5.11 Å². The molecule has 0 fully saturated rings. The van der Waals surface area contributed by atoms with Crippen LogP contribution in [-0.4, -0.2) is 28.0 Å². The molecule has 0 aliphatic carbocycles. The Kier molecular flexibility index (Phi) is 5.88. The fourth-order valence-corrected chi connectivity index (χ4v) is 2.97. The maximum atomic E-state index is 9.63. The van der Waals surface area contributed by atoms with Gasteiger partial charge in [0.15, 0.2) is 0 Å². The summed E-state index contributed by atoms with van der Waals surface area (Å²) < 4.78 is 0. The number of thioether (sulfide) groups is 1. The third kappa shape index (κ3) is 4.35. The lowest BCUT2D eigenvalue weighted by atomic mass is 10.1. The first-order chi connectivity index (χ1) is 10.1. The molecule has 2 atom stereocenters. The predicted octanol–water partition coefficient (Wildman–Crippen LogP) is 4.06. The van der Waals surface area contributed by atoms with Gasteiger partial charge in [-0.3, -0.25) is 0 Å². The van der Waals surface area contributed by atoms with Gasteiger partial charge in [-0.2, -0.15) is 11.8 Å². The lowest BCUT2D eigenvalue weighted by Crippen LogP contribution is -2.15. The molecule has 0 amide bonds. The second kappa shape index (κ2) is 7.66. The first kappa shape index (κ1) is 16.1. The van der Waals surface area contributed by atoms with E-state index in [4.69, 9.17) is 4.98 Å².